The summed E-state index contributed by atoms with van der Waals surface area (Å²) < 4.78 is 10.3. The van der Waals surface area contributed by atoms with E-state index in [1.54, 1.807) is 18.2 Å². The molecule has 9 heteroatoms. The van der Waals surface area contributed by atoms with Gasteiger partial charge in [-0.1, -0.05) is 6.92 Å². The van der Waals surface area contributed by atoms with Crippen molar-refractivity contribution in [2.75, 3.05) is 45.4 Å². The van der Waals surface area contributed by atoms with Crippen LogP contribution in [-0.2, 0) is 14.3 Å². The van der Waals surface area contributed by atoms with Crippen LogP contribution < -0.4 is 4.90 Å². The van der Waals surface area contributed by atoms with Crippen molar-refractivity contribution in [1.29, 1.82) is 5.26 Å². The van der Waals surface area contributed by atoms with Crippen LogP contribution in [0.1, 0.15) is 30.1 Å². The molecule has 160 valence electrons. The van der Waals surface area contributed by atoms with E-state index in [-0.39, 0.29) is 25.0 Å². The van der Waals surface area contributed by atoms with Gasteiger partial charge >= 0.3 is 5.97 Å². The van der Waals surface area contributed by atoms with E-state index in [1.165, 1.54) is 6.20 Å². The summed E-state index contributed by atoms with van der Waals surface area (Å²) in [5, 5.41) is 9.69. The van der Waals surface area contributed by atoms with Gasteiger partial charge in [-0.05, 0) is 18.4 Å². The molecular weight excluding hydrogens is 386 g/mol. The minimum absolute atomic E-state index is 0.0209. The molecular formula is C21H27N5O4. The van der Waals surface area contributed by atoms with Crippen LogP contribution in [0.2, 0.25) is 0 Å². The highest BCUT2D eigenvalue weighted by molar-refractivity contribution is 6.04. The number of anilines is 1. The van der Waals surface area contributed by atoms with Crippen molar-refractivity contribution in [3.05, 3.63) is 24.0 Å². The van der Waals surface area contributed by atoms with Gasteiger partial charge in [0, 0.05) is 51.1 Å². The Kier molecular flexibility index (Phi) is 6.90. The van der Waals surface area contributed by atoms with E-state index < -0.39 is 5.97 Å². The number of fused-ring (bicyclic) bond motifs is 1. The Bertz CT molecular complexity index is 951. The normalized spacial score (nSPS) is 18.8. The molecule has 30 heavy (non-hydrogen) atoms. The van der Waals surface area contributed by atoms with Crippen molar-refractivity contribution in [1.82, 2.24) is 14.9 Å². The number of piperidine rings is 1. The number of carbonyl (C=O) groups is 2. The van der Waals surface area contributed by atoms with Gasteiger partial charge < -0.3 is 24.3 Å². The first kappa shape index (κ1) is 21.6. The number of nitriles is 1. The van der Waals surface area contributed by atoms with E-state index >= 15 is 0 Å². The Morgan fingerprint density at radius 2 is 2.23 bits per heavy atom. The number of carbonyl (C=O) groups excluding carboxylic acids is 2. The molecule has 0 bridgehead atoms. The molecule has 0 saturated carbocycles. The van der Waals surface area contributed by atoms with Crippen molar-refractivity contribution in [2.45, 2.75) is 25.8 Å². The summed E-state index contributed by atoms with van der Waals surface area (Å²) in [5.74, 6) is -0.338. The maximum absolute atomic E-state index is 12.8. The number of amides is 1. The molecule has 3 heterocycles. The van der Waals surface area contributed by atoms with E-state index in [0.717, 1.165) is 17.5 Å². The average molecular weight is 413 g/mol. The van der Waals surface area contributed by atoms with Crippen LogP contribution >= 0.6 is 0 Å². The molecule has 0 radical (unpaired) electrons. The molecule has 0 spiro atoms. The van der Waals surface area contributed by atoms with Gasteiger partial charge in [-0.15, -0.1) is 0 Å². The molecule has 9 nitrogen and oxygen atoms in total. The Morgan fingerprint density at radius 3 is 2.97 bits per heavy atom. The molecule has 0 aliphatic carbocycles. The molecule has 1 N–H and O–H groups in total. The number of nitrogens with one attached hydrogen (secondary N) is 1. The number of aromatic nitrogens is 2. The van der Waals surface area contributed by atoms with E-state index in [9.17, 15) is 9.59 Å². The zero-order chi connectivity index (χ0) is 21.7. The molecule has 2 aromatic heterocycles. The first-order valence-corrected chi connectivity index (χ1v) is 9.97. The summed E-state index contributed by atoms with van der Waals surface area (Å²) in [5.41, 5.74) is 1.76. The smallest absolute Gasteiger partial charge is 0.341 e. The number of likely N-dealkylation sites (tertiary alicyclic amines) is 1. The van der Waals surface area contributed by atoms with Crippen LogP contribution in [0.3, 0.4) is 0 Å². The lowest BCUT2D eigenvalue weighted by Gasteiger charge is -2.43. The highest BCUT2D eigenvalue weighted by atomic mass is 16.6. The summed E-state index contributed by atoms with van der Waals surface area (Å²) in [6.45, 7) is 3.73. The number of ether oxygens (including phenoxy) is 2. The van der Waals surface area contributed by atoms with Crippen LogP contribution in [0.15, 0.2) is 18.5 Å². The molecule has 0 aromatic carbocycles. The van der Waals surface area contributed by atoms with Crippen LogP contribution in [-0.4, -0.2) is 73.2 Å². The SMILES string of the molecule is COCCOC(=O)c1cnc2[nH]ccc2c1N(C)C1CN(C(=O)CC#N)CCC1C. The second-order valence-electron chi connectivity index (χ2n) is 7.51. The maximum Gasteiger partial charge on any atom is 0.341 e. The van der Waals surface area contributed by atoms with Gasteiger partial charge in [0.15, 0.2) is 0 Å². The summed E-state index contributed by atoms with van der Waals surface area (Å²) in [6, 6.07) is 3.79. The Balaban J connectivity index is 1.94. The van der Waals surface area contributed by atoms with Gasteiger partial charge in [0.05, 0.1) is 18.4 Å². The zero-order valence-corrected chi connectivity index (χ0v) is 17.6. The molecule has 2 unspecified atom stereocenters. The van der Waals surface area contributed by atoms with Gasteiger partial charge in [-0.2, -0.15) is 5.26 Å². The number of aromatic amines is 1. The number of hydrogen-bond donors (Lipinski definition) is 1. The van der Waals surface area contributed by atoms with Gasteiger partial charge in [-0.3, -0.25) is 4.79 Å². The fourth-order valence-corrected chi connectivity index (χ4v) is 3.94. The van der Waals surface area contributed by atoms with Crippen LogP contribution in [0.4, 0.5) is 5.69 Å². The van der Waals surface area contributed by atoms with Crippen LogP contribution in [0, 0.1) is 17.2 Å². The number of nitrogens with zero attached hydrogens (tertiary/aromatic N) is 4. The van der Waals surface area contributed by atoms with Crippen molar-refractivity contribution >= 4 is 28.6 Å². The number of H-pyrrole nitrogens is 1. The molecule has 1 amide bonds. The number of rotatable bonds is 7. The second-order valence-corrected chi connectivity index (χ2v) is 7.51. The highest BCUT2D eigenvalue weighted by Crippen LogP contribution is 2.34. The predicted molar refractivity (Wildman–Crippen MR) is 111 cm³/mol. The number of methoxy groups -OCH3 is 1. The Labute approximate surface area is 175 Å². The first-order chi connectivity index (χ1) is 14.5. The predicted octanol–water partition coefficient (Wildman–Crippen LogP) is 1.95. The number of likely N-dealkylation sites (N-methyl/N-ethyl adjacent to an activating group) is 1. The van der Waals surface area contributed by atoms with E-state index in [1.807, 2.05) is 24.1 Å². The molecule has 1 aliphatic heterocycles. The fourth-order valence-electron chi connectivity index (χ4n) is 3.94. The standard InChI is InChI=1S/C21H27N5O4/c1-14-6-9-26(18(27)4-7-22)13-17(14)25(2)19-15-5-8-23-20(15)24-12-16(19)21(28)30-11-10-29-3/h5,8,12,14,17H,4,6,9-11,13H2,1-3H3,(H,23,24). The number of esters is 1. The van der Waals surface area contributed by atoms with Crippen LogP contribution in [0.5, 0.6) is 0 Å². The topological polar surface area (TPSA) is 112 Å². The minimum Gasteiger partial charge on any atom is -0.460 e. The number of pyridine rings is 1. The minimum atomic E-state index is -0.467. The third-order valence-corrected chi connectivity index (χ3v) is 5.65. The van der Waals surface area contributed by atoms with Crippen molar-refractivity contribution in [3.8, 4) is 6.07 Å². The van der Waals surface area contributed by atoms with Crippen molar-refractivity contribution < 1.29 is 19.1 Å². The zero-order valence-electron chi connectivity index (χ0n) is 17.6. The Hall–Kier alpha value is -3.12. The number of hydrogen-bond acceptors (Lipinski definition) is 7. The third kappa shape index (κ3) is 4.39. The van der Waals surface area contributed by atoms with Gasteiger partial charge in [0.25, 0.3) is 0 Å². The molecule has 3 rings (SSSR count). The lowest BCUT2D eigenvalue weighted by molar-refractivity contribution is -0.131. The van der Waals surface area contributed by atoms with E-state index in [0.29, 0.717) is 36.8 Å². The molecule has 1 aliphatic rings. The fraction of sp³-hybridized carbons (Fsp3) is 0.524. The first-order valence-electron chi connectivity index (χ1n) is 9.97. The van der Waals surface area contributed by atoms with E-state index in [4.69, 9.17) is 14.7 Å². The summed E-state index contributed by atoms with van der Waals surface area (Å²) in [4.78, 5) is 36.3. The van der Waals surface area contributed by atoms with Gasteiger partial charge in [0.1, 0.15) is 24.2 Å². The Morgan fingerprint density at radius 1 is 1.43 bits per heavy atom. The lowest BCUT2D eigenvalue weighted by Crippen LogP contribution is -2.52. The molecule has 2 aromatic rings. The summed E-state index contributed by atoms with van der Waals surface area (Å²) >= 11 is 0. The summed E-state index contributed by atoms with van der Waals surface area (Å²) in [6.07, 6.45) is 3.99. The molecule has 2 atom stereocenters. The highest BCUT2D eigenvalue weighted by Gasteiger charge is 2.34. The van der Waals surface area contributed by atoms with Crippen molar-refractivity contribution in [2.24, 2.45) is 5.92 Å². The third-order valence-electron chi connectivity index (χ3n) is 5.65. The quantitative estimate of drug-likeness (QED) is 0.545. The second kappa shape index (κ2) is 9.59. The summed E-state index contributed by atoms with van der Waals surface area (Å²) in [7, 11) is 3.47. The van der Waals surface area contributed by atoms with Crippen molar-refractivity contribution in [3.63, 3.8) is 0 Å². The maximum atomic E-state index is 12.8. The van der Waals surface area contributed by atoms with Gasteiger partial charge in [-0.25, -0.2) is 9.78 Å². The lowest BCUT2D eigenvalue weighted by atomic mass is 9.91. The largest absolute Gasteiger partial charge is 0.460 e. The monoisotopic (exact) mass is 413 g/mol. The van der Waals surface area contributed by atoms with Crippen LogP contribution in [0.25, 0.3) is 11.0 Å². The van der Waals surface area contributed by atoms with E-state index in [2.05, 4.69) is 16.9 Å². The molecule has 1 fully saturated rings. The average Bonchev–Trinajstić information content (AvgIpc) is 3.22. The molecule has 1 saturated heterocycles. The van der Waals surface area contributed by atoms with Gasteiger partial charge in [0.2, 0.25) is 5.91 Å².